The largest absolute Gasteiger partial charge is 0.481 e. The van der Waals surface area contributed by atoms with Gasteiger partial charge >= 0.3 is 5.97 Å². The third kappa shape index (κ3) is 2.50. The first kappa shape index (κ1) is 12.5. The van der Waals surface area contributed by atoms with Gasteiger partial charge in [0.1, 0.15) is 5.01 Å². The number of aromatic nitrogens is 1. The van der Waals surface area contributed by atoms with Crippen molar-refractivity contribution >= 4 is 17.3 Å². The first-order valence-electron chi connectivity index (χ1n) is 5.90. The van der Waals surface area contributed by atoms with Crippen molar-refractivity contribution in [3.8, 4) is 0 Å². The van der Waals surface area contributed by atoms with Crippen molar-refractivity contribution < 1.29 is 9.90 Å². The average Bonchev–Trinajstić information content (AvgIpc) is 2.82. The number of aliphatic carboxylic acids is 1. The maximum absolute atomic E-state index is 11.2. The van der Waals surface area contributed by atoms with Crippen molar-refractivity contribution in [2.45, 2.75) is 32.7 Å². The summed E-state index contributed by atoms with van der Waals surface area (Å²) in [7, 11) is 0. The van der Waals surface area contributed by atoms with Crippen molar-refractivity contribution in [2.75, 3.05) is 13.1 Å². The summed E-state index contributed by atoms with van der Waals surface area (Å²) in [5.74, 6) is -0.668. The quantitative estimate of drug-likeness (QED) is 0.900. The first-order chi connectivity index (χ1) is 8.03. The number of likely N-dealkylation sites (tertiary alicyclic amines) is 1. The zero-order valence-electron chi connectivity index (χ0n) is 10.2. The van der Waals surface area contributed by atoms with Gasteiger partial charge in [0, 0.05) is 11.6 Å². The molecule has 2 heterocycles. The number of carboxylic acids is 1. The number of nitrogens with zero attached hydrogens (tertiary/aromatic N) is 2. The second-order valence-electron chi connectivity index (χ2n) is 4.95. The highest BCUT2D eigenvalue weighted by Crippen LogP contribution is 2.34. The Kier molecular flexibility index (Phi) is 3.49. The predicted octanol–water partition coefficient (Wildman–Crippen LogP) is 2.39. The predicted molar refractivity (Wildman–Crippen MR) is 67.1 cm³/mol. The molecule has 4 nitrogen and oxygen atoms in total. The summed E-state index contributed by atoms with van der Waals surface area (Å²) in [6.45, 7) is 5.66. The molecule has 1 unspecified atom stereocenters. The van der Waals surface area contributed by atoms with Crippen LogP contribution in [0.4, 0.5) is 0 Å². The highest BCUT2D eigenvalue weighted by atomic mass is 32.1. The van der Waals surface area contributed by atoms with Crippen molar-refractivity contribution in [2.24, 2.45) is 5.41 Å². The number of hydrogen-bond acceptors (Lipinski definition) is 4. The van der Waals surface area contributed by atoms with E-state index in [-0.39, 0.29) is 0 Å². The lowest BCUT2D eigenvalue weighted by Gasteiger charge is -2.38. The van der Waals surface area contributed by atoms with Crippen molar-refractivity contribution in [1.29, 1.82) is 0 Å². The highest BCUT2D eigenvalue weighted by molar-refractivity contribution is 7.09. The van der Waals surface area contributed by atoms with E-state index in [9.17, 15) is 9.90 Å². The number of carbonyl (C=O) groups is 1. The molecule has 1 aliphatic rings. The molecule has 1 atom stereocenters. The van der Waals surface area contributed by atoms with Crippen LogP contribution in [0.2, 0.25) is 0 Å². The first-order valence-corrected chi connectivity index (χ1v) is 6.78. The van der Waals surface area contributed by atoms with Gasteiger partial charge in [-0.2, -0.15) is 0 Å². The van der Waals surface area contributed by atoms with Crippen LogP contribution in [0.25, 0.3) is 0 Å². The lowest BCUT2D eigenvalue weighted by atomic mass is 9.80. The smallest absolute Gasteiger partial charge is 0.309 e. The minimum atomic E-state index is -0.668. The summed E-state index contributed by atoms with van der Waals surface area (Å²) in [4.78, 5) is 17.8. The van der Waals surface area contributed by atoms with E-state index in [2.05, 4.69) is 16.8 Å². The standard InChI is InChI=1S/C12H18N2O2S/c1-9(10-13-5-8-17-10)14-6-3-12(2,4-7-14)11(15)16/h5,8-9H,3-4,6-7H2,1-2H3,(H,15,16). The van der Waals surface area contributed by atoms with Crippen LogP contribution in [0.15, 0.2) is 11.6 Å². The Morgan fingerprint density at radius 1 is 1.59 bits per heavy atom. The molecule has 1 fully saturated rings. The van der Waals surface area contributed by atoms with Crippen LogP contribution in [0.3, 0.4) is 0 Å². The molecule has 0 aliphatic carbocycles. The Hall–Kier alpha value is -0.940. The van der Waals surface area contributed by atoms with Crippen LogP contribution < -0.4 is 0 Å². The van der Waals surface area contributed by atoms with E-state index in [0.717, 1.165) is 30.9 Å². The third-order valence-corrected chi connectivity index (χ3v) is 4.72. The minimum Gasteiger partial charge on any atom is -0.481 e. The molecule has 0 spiro atoms. The monoisotopic (exact) mass is 254 g/mol. The van der Waals surface area contributed by atoms with Crippen LogP contribution in [-0.4, -0.2) is 34.0 Å². The van der Waals surface area contributed by atoms with Gasteiger partial charge in [-0.05, 0) is 39.8 Å². The number of carboxylic acid groups (broad SMARTS) is 1. The molecule has 0 amide bonds. The van der Waals surface area contributed by atoms with E-state index in [1.807, 2.05) is 18.5 Å². The summed E-state index contributed by atoms with van der Waals surface area (Å²) in [5.41, 5.74) is -0.543. The van der Waals surface area contributed by atoms with Crippen molar-refractivity contribution in [3.05, 3.63) is 16.6 Å². The van der Waals surface area contributed by atoms with Crippen LogP contribution >= 0.6 is 11.3 Å². The average molecular weight is 254 g/mol. The van der Waals surface area contributed by atoms with E-state index in [1.165, 1.54) is 0 Å². The maximum Gasteiger partial charge on any atom is 0.309 e. The second-order valence-corrected chi connectivity index (χ2v) is 5.87. The molecular formula is C12H18N2O2S. The zero-order chi connectivity index (χ0) is 12.5. The number of hydrogen-bond donors (Lipinski definition) is 1. The number of piperidine rings is 1. The van der Waals surface area contributed by atoms with Crippen LogP contribution in [-0.2, 0) is 4.79 Å². The fourth-order valence-electron chi connectivity index (χ4n) is 2.22. The summed E-state index contributed by atoms with van der Waals surface area (Å²) in [5, 5.41) is 12.3. The summed E-state index contributed by atoms with van der Waals surface area (Å²) in [6.07, 6.45) is 3.26. The molecule has 0 radical (unpaired) electrons. The van der Waals surface area contributed by atoms with Crippen molar-refractivity contribution in [1.82, 2.24) is 9.88 Å². The van der Waals surface area contributed by atoms with Gasteiger partial charge in [-0.25, -0.2) is 4.98 Å². The van der Waals surface area contributed by atoms with Gasteiger partial charge in [0.25, 0.3) is 0 Å². The van der Waals surface area contributed by atoms with Gasteiger partial charge in [0.2, 0.25) is 0 Å². The number of thiazole rings is 1. The van der Waals surface area contributed by atoms with E-state index in [1.54, 1.807) is 11.3 Å². The van der Waals surface area contributed by atoms with E-state index >= 15 is 0 Å². The molecule has 1 aromatic rings. The number of rotatable bonds is 3. The van der Waals surface area contributed by atoms with Gasteiger partial charge in [-0.3, -0.25) is 9.69 Å². The normalized spacial score (nSPS) is 22.2. The molecule has 94 valence electrons. The second kappa shape index (κ2) is 4.74. The van der Waals surface area contributed by atoms with Gasteiger partial charge < -0.3 is 5.11 Å². The third-order valence-electron chi connectivity index (χ3n) is 3.77. The summed E-state index contributed by atoms with van der Waals surface area (Å²) in [6, 6.07) is 0.299. The molecule has 1 N–H and O–H groups in total. The van der Waals surface area contributed by atoms with Gasteiger partial charge in [0.05, 0.1) is 11.5 Å². The molecule has 0 saturated carbocycles. The van der Waals surface area contributed by atoms with Gasteiger partial charge in [0.15, 0.2) is 0 Å². The molecule has 0 aromatic carbocycles. The summed E-state index contributed by atoms with van der Waals surface area (Å²) < 4.78 is 0. The fraction of sp³-hybridized carbons (Fsp3) is 0.667. The Morgan fingerprint density at radius 3 is 2.71 bits per heavy atom. The fourth-order valence-corrected chi connectivity index (χ4v) is 2.94. The Balaban J connectivity index is 1.98. The van der Waals surface area contributed by atoms with E-state index < -0.39 is 11.4 Å². The molecule has 1 aromatic heterocycles. The van der Waals surface area contributed by atoms with Crippen LogP contribution in [0.1, 0.15) is 37.7 Å². The van der Waals surface area contributed by atoms with E-state index in [4.69, 9.17) is 0 Å². The molecule has 1 aliphatic heterocycles. The molecular weight excluding hydrogens is 236 g/mol. The molecule has 1 saturated heterocycles. The lowest BCUT2D eigenvalue weighted by Crippen LogP contribution is -2.43. The zero-order valence-corrected chi connectivity index (χ0v) is 11.0. The van der Waals surface area contributed by atoms with Crippen LogP contribution in [0.5, 0.6) is 0 Å². The highest BCUT2D eigenvalue weighted by Gasteiger charge is 2.38. The van der Waals surface area contributed by atoms with Gasteiger partial charge in [-0.15, -0.1) is 11.3 Å². The van der Waals surface area contributed by atoms with Crippen molar-refractivity contribution in [3.63, 3.8) is 0 Å². The molecule has 2 rings (SSSR count). The van der Waals surface area contributed by atoms with Gasteiger partial charge in [-0.1, -0.05) is 0 Å². The lowest BCUT2D eigenvalue weighted by molar-refractivity contribution is -0.151. The Morgan fingerprint density at radius 2 is 2.24 bits per heavy atom. The topological polar surface area (TPSA) is 53.4 Å². The molecule has 5 heteroatoms. The Labute approximate surface area is 105 Å². The summed E-state index contributed by atoms with van der Waals surface area (Å²) >= 11 is 1.66. The SMILES string of the molecule is CC(c1nccs1)N1CCC(C)(C(=O)O)CC1. The molecule has 17 heavy (non-hydrogen) atoms. The van der Waals surface area contributed by atoms with E-state index in [0.29, 0.717) is 6.04 Å². The Bertz CT molecular complexity index is 383. The van der Waals surface area contributed by atoms with Crippen LogP contribution in [0, 0.1) is 5.41 Å². The molecule has 0 bridgehead atoms. The minimum absolute atomic E-state index is 0.299. The maximum atomic E-state index is 11.2.